The lowest BCUT2D eigenvalue weighted by Gasteiger charge is -2.08. The lowest BCUT2D eigenvalue weighted by atomic mass is 10.2. The van der Waals surface area contributed by atoms with Gasteiger partial charge in [0.05, 0.1) is 6.61 Å². The standard InChI is InChI=1S/C10H19NO5/c1-3-4-8-15-10(12)7-5-6-9(2)16-11(13)14/h9H,3-8H2,1-2H3. The van der Waals surface area contributed by atoms with E-state index in [4.69, 9.17) is 4.74 Å². The van der Waals surface area contributed by atoms with Crippen LogP contribution in [0, 0.1) is 10.1 Å². The molecule has 1 atom stereocenters. The summed E-state index contributed by atoms with van der Waals surface area (Å²) in [7, 11) is 0. The molecule has 0 aromatic heterocycles. The molecular weight excluding hydrogens is 214 g/mol. The van der Waals surface area contributed by atoms with E-state index in [0.29, 0.717) is 19.4 Å². The molecule has 0 radical (unpaired) electrons. The molecule has 0 aromatic rings. The fraction of sp³-hybridized carbons (Fsp3) is 0.900. The van der Waals surface area contributed by atoms with E-state index in [1.54, 1.807) is 6.92 Å². The highest BCUT2D eigenvalue weighted by Crippen LogP contribution is 2.05. The maximum atomic E-state index is 11.1. The molecule has 0 aliphatic rings. The molecule has 0 aliphatic heterocycles. The van der Waals surface area contributed by atoms with Gasteiger partial charge in [-0.05, 0) is 26.2 Å². The molecule has 0 bridgehead atoms. The van der Waals surface area contributed by atoms with E-state index in [0.717, 1.165) is 12.8 Å². The first-order valence-electron chi connectivity index (χ1n) is 5.53. The average molecular weight is 233 g/mol. The quantitative estimate of drug-likeness (QED) is 0.264. The largest absolute Gasteiger partial charge is 0.466 e. The summed E-state index contributed by atoms with van der Waals surface area (Å²) in [4.78, 5) is 25.4. The Kier molecular flexibility index (Phi) is 8.19. The number of hydrogen-bond acceptors (Lipinski definition) is 5. The molecule has 0 fully saturated rings. The second kappa shape index (κ2) is 8.94. The van der Waals surface area contributed by atoms with Gasteiger partial charge in [0.2, 0.25) is 0 Å². The fourth-order valence-corrected chi connectivity index (χ4v) is 1.14. The van der Waals surface area contributed by atoms with Crippen LogP contribution in [0.15, 0.2) is 0 Å². The minimum absolute atomic E-state index is 0.248. The zero-order chi connectivity index (χ0) is 12.4. The summed E-state index contributed by atoms with van der Waals surface area (Å²) in [6.07, 6.45) is 2.69. The Labute approximate surface area is 95.0 Å². The highest BCUT2D eigenvalue weighted by atomic mass is 17.0. The first kappa shape index (κ1) is 14.7. The smallest absolute Gasteiger partial charge is 0.305 e. The van der Waals surface area contributed by atoms with E-state index < -0.39 is 11.2 Å². The number of nitrogens with zero attached hydrogens (tertiary/aromatic N) is 1. The molecule has 0 aromatic carbocycles. The minimum atomic E-state index is -0.815. The van der Waals surface area contributed by atoms with Crippen molar-refractivity contribution in [3.63, 3.8) is 0 Å². The van der Waals surface area contributed by atoms with Gasteiger partial charge in [0.1, 0.15) is 6.10 Å². The van der Waals surface area contributed by atoms with E-state index in [9.17, 15) is 14.9 Å². The van der Waals surface area contributed by atoms with E-state index in [2.05, 4.69) is 4.84 Å². The number of rotatable bonds is 9. The van der Waals surface area contributed by atoms with Gasteiger partial charge < -0.3 is 9.57 Å². The molecule has 0 rings (SSSR count). The molecule has 0 spiro atoms. The molecule has 94 valence electrons. The number of hydrogen-bond donors (Lipinski definition) is 0. The van der Waals surface area contributed by atoms with Gasteiger partial charge in [0.25, 0.3) is 5.09 Å². The molecule has 0 saturated carbocycles. The van der Waals surface area contributed by atoms with Crippen molar-refractivity contribution < 1.29 is 19.5 Å². The average Bonchev–Trinajstić information content (AvgIpc) is 2.17. The third kappa shape index (κ3) is 9.23. The van der Waals surface area contributed by atoms with Crippen molar-refractivity contribution in [2.45, 2.75) is 52.1 Å². The second-order valence-corrected chi connectivity index (χ2v) is 3.61. The number of unbranched alkanes of at least 4 members (excludes halogenated alkanes) is 1. The Morgan fingerprint density at radius 1 is 1.44 bits per heavy atom. The Bertz CT molecular complexity index is 219. The van der Waals surface area contributed by atoms with Crippen LogP contribution in [-0.4, -0.2) is 23.8 Å². The van der Waals surface area contributed by atoms with Crippen LogP contribution < -0.4 is 0 Å². The minimum Gasteiger partial charge on any atom is -0.466 e. The van der Waals surface area contributed by atoms with Gasteiger partial charge >= 0.3 is 5.97 Å². The third-order valence-electron chi connectivity index (χ3n) is 2.02. The summed E-state index contributed by atoms with van der Waals surface area (Å²) < 4.78 is 4.93. The topological polar surface area (TPSA) is 78.7 Å². The van der Waals surface area contributed by atoms with Gasteiger partial charge in [0.15, 0.2) is 0 Å². The Morgan fingerprint density at radius 2 is 2.12 bits per heavy atom. The number of carbonyl (C=O) groups is 1. The van der Waals surface area contributed by atoms with Crippen LogP contribution in [0.25, 0.3) is 0 Å². The highest BCUT2D eigenvalue weighted by Gasteiger charge is 2.08. The van der Waals surface area contributed by atoms with Crippen LogP contribution in [0.4, 0.5) is 0 Å². The molecular formula is C10H19NO5. The Hall–Kier alpha value is -1.33. The number of carbonyl (C=O) groups excluding carboxylic acids is 1. The van der Waals surface area contributed by atoms with Crippen molar-refractivity contribution in [3.8, 4) is 0 Å². The van der Waals surface area contributed by atoms with Gasteiger partial charge in [-0.1, -0.05) is 13.3 Å². The summed E-state index contributed by atoms with van der Waals surface area (Å²) in [5, 5.41) is 9.16. The molecule has 16 heavy (non-hydrogen) atoms. The van der Waals surface area contributed by atoms with Crippen molar-refractivity contribution in [1.29, 1.82) is 0 Å². The van der Waals surface area contributed by atoms with Gasteiger partial charge in [-0.15, -0.1) is 10.1 Å². The monoisotopic (exact) mass is 233 g/mol. The lowest BCUT2D eigenvalue weighted by molar-refractivity contribution is -0.767. The van der Waals surface area contributed by atoms with Crippen LogP contribution in [0.3, 0.4) is 0 Å². The molecule has 6 heteroatoms. The first-order chi connectivity index (χ1) is 7.56. The lowest BCUT2D eigenvalue weighted by Crippen LogP contribution is -2.14. The van der Waals surface area contributed by atoms with E-state index >= 15 is 0 Å². The summed E-state index contributed by atoms with van der Waals surface area (Å²) in [5.74, 6) is -0.248. The molecule has 0 N–H and O–H groups in total. The normalized spacial score (nSPS) is 11.9. The second-order valence-electron chi connectivity index (χ2n) is 3.61. The first-order valence-corrected chi connectivity index (χ1v) is 5.53. The molecule has 0 amide bonds. The third-order valence-corrected chi connectivity index (χ3v) is 2.02. The molecule has 0 saturated heterocycles. The zero-order valence-corrected chi connectivity index (χ0v) is 9.81. The van der Waals surface area contributed by atoms with Crippen molar-refractivity contribution in [3.05, 3.63) is 10.1 Å². The van der Waals surface area contributed by atoms with Gasteiger partial charge in [0, 0.05) is 6.42 Å². The van der Waals surface area contributed by atoms with Crippen LogP contribution in [0.2, 0.25) is 0 Å². The predicted molar refractivity (Wildman–Crippen MR) is 57.3 cm³/mol. The van der Waals surface area contributed by atoms with Crippen molar-refractivity contribution in [2.24, 2.45) is 0 Å². The van der Waals surface area contributed by atoms with Gasteiger partial charge in [-0.2, -0.15) is 0 Å². The SMILES string of the molecule is CCCCOC(=O)CCCC(C)O[N+](=O)[O-]. The van der Waals surface area contributed by atoms with Crippen LogP contribution >= 0.6 is 0 Å². The molecule has 0 aliphatic carbocycles. The van der Waals surface area contributed by atoms with Gasteiger partial charge in [-0.3, -0.25) is 4.79 Å². The number of esters is 1. The Morgan fingerprint density at radius 3 is 2.69 bits per heavy atom. The van der Waals surface area contributed by atoms with Crippen LogP contribution in [0.1, 0.15) is 46.0 Å². The number of ether oxygens (including phenoxy) is 1. The van der Waals surface area contributed by atoms with Gasteiger partial charge in [-0.25, -0.2) is 0 Å². The van der Waals surface area contributed by atoms with Crippen LogP contribution in [0.5, 0.6) is 0 Å². The van der Waals surface area contributed by atoms with Crippen molar-refractivity contribution in [2.75, 3.05) is 6.61 Å². The van der Waals surface area contributed by atoms with E-state index in [-0.39, 0.29) is 12.4 Å². The molecule has 0 heterocycles. The maximum Gasteiger partial charge on any atom is 0.305 e. The summed E-state index contributed by atoms with van der Waals surface area (Å²) in [6.45, 7) is 4.08. The van der Waals surface area contributed by atoms with Crippen LogP contribution in [-0.2, 0) is 14.4 Å². The van der Waals surface area contributed by atoms with E-state index in [1.807, 2.05) is 6.92 Å². The predicted octanol–water partition coefficient (Wildman–Crippen LogP) is 2.10. The Balaban J connectivity index is 3.42. The summed E-state index contributed by atoms with van der Waals surface area (Å²) in [6, 6.07) is 0. The maximum absolute atomic E-state index is 11.1. The van der Waals surface area contributed by atoms with Crippen molar-refractivity contribution in [1.82, 2.24) is 0 Å². The highest BCUT2D eigenvalue weighted by molar-refractivity contribution is 5.69. The molecule has 6 nitrogen and oxygen atoms in total. The molecule has 1 unspecified atom stereocenters. The summed E-state index contributed by atoms with van der Waals surface area (Å²) in [5.41, 5.74) is 0. The van der Waals surface area contributed by atoms with Crippen molar-refractivity contribution >= 4 is 5.97 Å². The fourth-order valence-electron chi connectivity index (χ4n) is 1.14. The van der Waals surface area contributed by atoms with E-state index in [1.165, 1.54) is 0 Å². The summed E-state index contributed by atoms with van der Waals surface area (Å²) >= 11 is 0. The zero-order valence-electron chi connectivity index (χ0n) is 9.81.